The zero-order valence-corrected chi connectivity index (χ0v) is 12.1. The van der Waals surface area contributed by atoms with Gasteiger partial charge in [-0.3, -0.25) is 4.79 Å². The summed E-state index contributed by atoms with van der Waals surface area (Å²) in [5.41, 5.74) is 0.944. The number of phenolic OH excluding ortho intramolecular Hbond substituents is 1. The highest BCUT2D eigenvalue weighted by molar-refractivity contribution is 6.31. The van der Waals surface area contributed by atoms with E-state index in [2.05, 4.69) is 0 Å². The van der Waals surface area contributed by atoms with Gasteiger partial charge in [-0.2, -0.15) is 0 Å². The van der Waals surface area contributed by atoms with E-state index in [-0.39, 0.29) is 23.5 Å². The molecular formula is C16H13ClO4. The number of carbonyl (C=O) groups is 1. The lowest BCUT2D eigenvalue weighted by Crippen LogP contribution is -2.20. The van der Waals surface area contributed by atoms with Gasteiger partial charge in [0, 0.05) is 22.7 Å². The number of hydrogen-bond donors (Lipinski definition) is 1. The highest BCUT2D eigenvalue weighted by Gasteiger charge is 2.31. The Morgan fingerprint density at radius 1 is 1.33 bits per heavy atom. The first kappa shape index (κ1) is 13.8. The summed E-state index contributed by atoms with van der Waals surface area (Å²) in [4.78, 5) is 12.3. The zero-order valence-electron chi connectivity index (χ0n) is 11.3. The van der Waals surface area contributed by atoms with Crippen molar-refractivity contribution >= 4 is 17.4 Å². The standard InChI is InChI=1S/C16H13ClO4/c1-20-9-6-12(18)16-13(19)8-14(21-15(16)7-9)10-4-2-3-5-11(10)17/h2-7,14,18H,8H2,1H3. The first-order valence-electron chi connectivity index (χ1n) is 6.45. The molecule has 3 rings (SSSR count). The topological polar surface area (TPSA) is 55.8 Å². The lowest BCUT2D eigenvalue weighted by atomic mass is 9.95. The van der Waals surface area contributed by atoms with Gasteiger partial charge in [0.05, 0.1) is 13.5 Å². The second-order valence-corrected chi connectivity index (χ2v) is 5.18. The van der Waals surface area contributed by atoms with E-state index < -0.39 is 6.10 Å². The summed E-state index contributed by atoms with van der Waals surface area (Å²) in [6.07, 6.45) is -0.332. The number of Topliss-reactive ketones (excluding diaryl/α,β-unsaturated/α-hetero) is 1. The monoisotopic (exact) mass is 304 g/mol. The van der Waals surface area contributed by atoms with Crippen LogP contribution in [-0.2, 0) is 0 Å². The van der Waals surface area contributed by atoms with Gasteiger partial charge in [-0.15, -0.1) is 0 Å². The maximum atomic E-state index is 12.3. The van der Waals surface area contributed by atoms with Gasteiger partial charge in [0.15, 0.2) is 5.78 Å². The molecule has 1 N–H and O–H groups in total. The number of rotatable bonds is 2. The number of ether oxygens (including phenoxy) is 2. The second kappa shape index (κ2) is 5.30. The van der Waals surface area contributed by atoms with Crippen LogP contribution in [0, 0.1) is 0 Å². The Labute approximate surface area is 126 Å². The first-order chi connectivity index (χ1) is 10.1. The predicted molar refractivity (Wildman–Crippen MR) is 78.4 cm³/mol. The molecule has 1 aliphatic heterocycles. The molecule has 5 heteroatoms. The number of aromatic hydroxyl groups is 1. The Kier molecular flexibility index (Phi) is 3.47. The number of carbonyl (C=O) groups excluding carboxylic acids is 1. The van der Waals surface area contributed by atoms with Crippen LogP contribution in [0.2, 0.25) is 5.02 Å². The van der Waals surface area contributed by atoms with Crippen molar-refractivity contribution in [2.24, 2.45) is 0 Å². The minimum Gasteiger partial charge on any atom is -0.507 e. The van der Waals surface area contributed by atoms with Crippen LogP contribution in [0.1, 0.15) is 28.4 Å². The molecule has 1 aliphatic rings. The van der Waals surface area contributed by atoms with E-state index >= 15 is 0 Å². The molecule has 0 aliphatic carbocycles. The molecule has 0 spiro atoms. The summed E-state index contributed by atoms with van der Waals surface area (Å²) in [7, 11) is 1.48. The SMILES string of the molecule is COc1cc(O)c2c(c1)OC(c1ccccc1Cl)CC2=O. The van der Waals surface area contributed by atoms with Crippen molar-refractivity contribution < 1.29 is 19.4 Å². The fourth-order valence-electron chi connectivity index (χ4n) is 2.44. The second-order valence-electron chi connectivity index (χ2n) is 4.77. The van der Waals surface area contributed by atoms with Crippen LogP contribution in [0.5, 0.6) is 17.2 Å². The number of ketones is 1. The third-order valence-corrected chi connectivity index (χ3v) is 3.81. The van der Waals surface area contributed by atoms with Crippen molar-refractivity contribution in [2.45, 2.75) is 12.5 Å². The number of fused-ring (bicyclic) bond motifs is 1. The smallest absolute Gasteiger partial charge is 0.174 e. The summed E-state index contributed by atoms with van der Waals surface area (Å²) in [5, 5.41) is 10.5. The molecule has 0 radical (unpaired) electrons. The fourth-order valence-corrected chi connectivity index (χ4v) is 2.70. The fraction of sp³-hybridized carbons (Fsp3) is 0.188. The van der Waals surface area contributed by atoms with Gasteiger partial charge in [0.2, 0.25) is 0 Å². The Bertz CT molecular complexity index is 711. The van der Waals surface area contributed by atoms with Gasteiger partial charge in [-0.05, 0) is 6.07 Å². The highest BCUT2D eigenvalue weighted by Crippen LogP contribution is 2.42. The van der Waals surface area contributed by atoms with E-state index in [0.29, 0.717) is 16.5 Å². The molecule has 21 heavy (non-hydrogen) atoms. The zero-order chi connectivity index (χ0) is 15.0. The van der Waals surface area contributed by atoms with Crippen molar-refractivity contribution in [1.29, 1.82) is 0 Å². The molecule has 1 atom stereocenters. The molecule has 0 saturated heterocycles. The van der Waals surface area contributed by atoms with Crippen LogP contribution in [0.15, 0.2) is 36.4 Å². The molecule has 0 saturated carbocycles. The molecule has 0 amide bonds. The van der Waals surface area contributed by atoms with Crippen molar-refractivity contribution in [1.82, 2.24) is 0 Å². The minimum absolute atomic E-state index is 0.132. The maximum absolute atomic E-state index is 12.3. The number of phenols is 1. The number of hydrogen-bond acceptors (Lipinski definition) is 4. The van der Waals surface area contributed by atoms with Crippen molar-refractivity contribution in [3.8, 4) is 17.2 Å². The van der Waals surface area contributed by atoms with Crippen LogP contribution in [-0.4, -0.2) is 18.0 Å². The number of benzene rings is 2. The van der Waals surface area contributed by atoms with Gasteiger partial charge in [-0.25, -0.2) is 0 Å². The summed E-state index contributed by atoms with van der Waals surface area (Å²) in [6.45, 7) is 0. The third-order valence-electron chi connectivity index (χ3n) is 3.46. The lowest BCUT2D eigenvalue weighted by Gasteiger charge is -2.26. The quantitative estimate of drug-likeness (QED) is 0.918. The van der Waals surface area contributed by atoms with Gasteiger partial charge >= 0.3 is 0 Å². The molecule has 2 aromatic carbocycles. The van der Waals surface area contributed by atoms with Crippen LogP contribution in [0.4, 0.5) is 0 Å². The third kappa shape index (κ3) is 2.43. The van der Waals surface area contributed by atoms with Gasteiger partial charge in [0.1, 0.15) is 28.9 Å². The van der Waals surface area contributed by atoms with E-state index in [0.717, 1.165) is 5.56 Å². The summed E-state index contributed by atoms with van der Waals surface area (Å²) >= 11 is 6.16. The predicted octanol–water partition coefficient (Wildman–Crippen LogP) is 3.76. The average Bonchev–Trinajstić information content (AvgIpc) is 2.46. The molecule has 0 fully saturated rings. The Hall–Kier alpha value is -2.20. The van der Waals surface area contributed by atoms with Gasteiger partial charge in [-0.1, -0.05) is 29.8 Å². The molecule has 1 heterocycles. The molecule has 108 valence electrons. The maximum Gasteiger partial charge on any atom is 0.174 e. The van der Waals surface area contributed by atoms with E-state index in [1.54, 1.807) is 12.1 Å². The number of methoxy groups -OCH3 is 1. The largest absolute Gasteiger partial charge is 0.507 e. The van der Waals surface area contributed by atoms with Gasteiger partial charge < -0.3 is 14.6 Å². The average molecular weight is 305 g/mol. The van der Waals surface area contributed by atoms with Gasteiger partial charge in [0.25, 0.3) is 0 Å². The molecular weight excluding hydrogens is 292 g/mol. The molecule has 4 nitrogen and oxygen atoms in total. The minimum atomic E-state index is -0.467. The lowest BCUT2D eigenvalue weighted by molar-refractivity contribution is 0.0845. The summed E-state index contributed by atoms with van der Waals surface area (Å²) < 4.78 is 10.9. The molecule has 0 aromatic heterocycles. The highest BCUT2D eigenvalue weighted by atomic mass is 35.5. The van der Waals surface area contributed by atoms with Crippen molar-refractivity contribution in [3.63, 3.8) is 0 Å². The van der Waals surface area contributed by atoms with Crippen LogP contribution < -0.4 is 9.47 Å². The van der Waals surface area contributed by atoms with Crippen molar-refractivity contribution in [2.75, 3.05) is 7.11 Å². The Morgan fingerprint density at radius 2 is 2.10 bits per heavy atom. The van der Waals surface area contributed by atoms with Crippen LogP contribution in [0.3, 0.4) is 0 Å². The Morgan fingerprint density at radius 3 is 2.81 bits per heavy atom. The van der Waals surface area contributed by atoms with Crippen LogP contribution in [0.25, 0.3) is 0 Å². The normalized spacial score (nSPS) is 17.0. The van der Waals surface area contributed by atoms with E-state index in [1.165, 1.54) is 13.2 Å². The first-order valence-corrected chi connectivity index (χ1v) is 6.83. The van der Waals surface area contributed by atoms with E-state index in [4.69, 9.17) is 21.1 Å². The summed E-state index contributed by atoms with van der Waals surface area (Å²) in [5.74, 6) is 0.431. The van der Waals surface area contributed by atoms with Crippen LogP contribution >= 0.6 is 11.6 Å². The summed E-state index contributed by atoms with van der Waals surface area (Å²) in [6, 6.07) is 10.2. The van der Waals surface area contributed by atoms with Crippen molar-refractivity contribution in [3.05, 3.63) is 52.5 Å². The number of halogens is 1. The van der Waals surface area contributed by atoms with E-state index in [1.807, 2.05) is 18.2 Å². The molecule has 0 bridgehead atoms. The molecule has 1 unspecified atom stereocenters. The molecule has 2 aromatic rings. The van der Waals surface area contributed by atoms with E-state index in [9.17, 15) is 9.90 Å². The Balaban J connectivity index is 2.04.